The highest BCUT2D eigenvalue weighted by molar-refractivity contribution is 7.98. The Hall–Kier alpha value is -3.05. The molecule has 0 aliphatic carbocycles. The summed E-state index contributed by atoms with van der Waals surface area (Å²) in [6.07, 6.45) is 2.04. The smallest absolute Gasteiger partial charge is 0.335 e. The zero-order valence-corrected chi connectivity index (χ0v) is 15.6. The van der Waals surface area contributed by atoms with Gasteiger partial charge in [-0.2, -0.15) is 0 Å². The molecule has 134 valence electrons. The van der Waals surface area contributed by atoms with E-state index in [2.05, 4.69) is 34.9 Å². The van der Waals surface area contributed by atoms with Crippen molar-refractivity contribution >= 4 is 28.8 Å². The van der Waals surface area contributed by atoms with Crippen LogP contribution < -0.4 is 0 Å². The van der Waals surface area contributed by atoms with Gasteiger partial charge in [0.2, 0.25) is 0 Å². The minimum atomic E-state index is -0.908. The fourth-order valence-electron chi connectivity index (χ4n) is 3.15. The molecular formula is C22H18N2O2S. The molecule has 5 heteroatoms. The number of hydrogen-bond donors (Lipinski definition) is 1. The van der Waals surface area contributed by atoms with E-state index in [1.807, 2.05) is 36.6 Å². The molecule has 0 unspecified atom stereocenters. The monoisotopic (exact) mass is 374 g/mol. The Balaban J connectivity index is 1.61. The molecule has 27 heavy (non-hydrogen) atoms. The predicted molar refractivity (Wildman–Crippen MR) is 109 cm³/mol. The summed E-state index contributed by atoms with van der Waals surface area (Å²) in [4.78, 5) is 15.7. The van der Waals surface area contributed by atoms with Crippen molar-refractivity contribution in [3.8, 4) is 11.1 Å². The van der Waals surface area contributed by atoms with Gasteiger partial charge >= 0.3 is 5.97 Å². The normalized spacial score (nSPS) is 11.0. The quantitative estimate of drug-likeness (QED) is 0.490. The van der Waals surface area contributed by atoms with Gasteiger partial charge in [-0.05, 0) is 47.2 Å². The van der Waals surface area contributed by atoms with Crippen LogP contribution in [0.2, 0.25) is 0 Å². The summed E-state index contributed by atoms with van der Waals surface area (Å²) in [5.41, 5.74) is 5.71. The topological polar surface area (TPSA) is 55.1 Å². The maximum absolute atomic E-state index is 11.0. The average Bonchev–Trinajstić information content (AvgIpc) is 3.06. The molecule has 0 amide bonds. The number of fused-ring (bicyclic) bond motifs is 1. The van der Waals surface area contributed by atoms with Crippen LogP contribution in [0, 0.1) is 0 Å². The first-order valence-corrected chi connectivity index (χ1v) is 9.80. The highest BCUT2D eigenvalue weighted by Crippen LogP contribution is 2.25. The SMILES string of the molecule is CSc1nc2ccccc2n1Cc1ccc(-c2ccc(C(=O)O)cc2)cc1. The summed E-state index contributed by atoms with van der Waals surface area (Å²) in [5, 5.41) is 10.0. The molecule has 0 atom stereocenters. The van der Waals surface area contributed by atoms with Crippen molar-refractivity contribution < 1.29 is 9.90 Å². The number of nitrogens with zero attached hydrogens (tertiary/aromatic N) is 2. The molecule has 0 saturated heterocycles. The van der Waals surface area contributed by atoms with Crippen molar-refractivity contribution in [1.29, 1.82) is 0 Å². The zero-order chi connectivity index (χ0) is 18.8. The molecule has 0 saturated carbocycles. The summed E-state index contributed by atoms with van der Waals surface area (Å²) in [5.74, 6) is -0.908. The molecular weight excluding hydrogens is 356 g/mol. The molecule has 4 rings (SSSR count). The minimum Gasteiger partial charge on any atom is -0.478 e. The van der Waals surface area contributed by atoms with E-state index in [1.165, 1.54) is 5.56 Å². The van der Waals surface area contributed by atoms with Gasteiger partial charge in [0.1, 0.15) is 0 Å². The second kappa shape index (κ2) is 7.29. The van der Waals surface area contributed by atoms with E-state index in [0.717, 1.165) is 33.9 Å². The summed E-state index contributed by atoms with van der Waals surface area (Å²) in [6.45, 7) is 0.759. The third-order valence-corrected chi connectivity index (χ3v) is 5.24. The predicted octanol–water partition coefficient (Wildman–Crippen LogP) is 5.17. The van der Waals surface area contributed by atoms with Gasteiger partial charge in [-0.25, -0.2) is 9.78 Å². The summed E-state index contributed by atoms with van der Waals surface area (Å²) < 4.78 is 2.23. The standard InChI is InChI=1S/C22H18N2O2S/c1-27-22-23-19-4-2-3-5-20(19)24(22)14-15-6-8-16(9-7-15)17-10-12-18(13-11-17)21(25)26/h2-13H,14H2,1H3,(H,25,26). The average molecular weight is 374 g/mol. The number of benzene rings is 3. The van der Waals surface area contributed by atoms with E-state index in [9.17, 15) is 4.79 Å². The Morgan fingerprint density at radius 1 is 0.963 bits per heavy atom. The summed E-state index contributed by atoms with van der Waals surface area (Å²) in [6, 6.07) is 23.5. The fraction of sp³-hybridized carbons (Fsp3) is 0.0909. The Morgan fingerprint density at radius 2 is 1.59 bits per heavy atom. The second-order valence-corrected chi connectivity index (χ2v) is 7.03. The van der Waals surface area contributed by atoms with Gasteiger partial charge in [-0.1, -0.05) is 60.3 Å². The molecule has 1 N–H and O–H groups in total. The Morgan fingerprint density at radius 3 is 2.22 bits per heavy atom. The number of para-hydroxylation sites is 2. The number of rotatable bonds is 5. The molecule has 3 aromatic carbocycles. The maximum atomic E-state index is 11.0. The van der Waals surface area contributed by atoms with Gasteiger partial charge in [0.25, 0.3) is 0 Å². The molecule has 0 aliphatic rings. The van der Waals surface area contributed by atoms with E-state index >= 15 is 0 Å². The van der Waals surface area contributed by atoms with Gasteiger partial charge in [-0.3, -0.25) is 0 Å². The van der Waals surface area contributed by atoms with E-state index < -0.39 is 5.97 Å². The lowest BCUT2D eigenvalue weighted by Gasteiger charge is -2.09. The third-order valence-electron chi connectivity index (χ3n) is 4.56. The van der Waals surface area contributed by atoms with Gasteiger partial charge in [-0.15, -0.1) is 0 Å². The van der Waals surface area contributed by atoms with Crippen LogP contribution in [0.3, 0.4) is 0 Å². The molecule has 1 aromatic heterocycles. The molecule has 0 bridgehead atoms. The third kappa shape index (κ3) is 3.46. The molecule has 4 aromatic rings. The molecule has 1 heterocycles. The molecule has 0 radical (unpaired) electrons. The maximum Gasteiger partial charge on any atom is 0.335 e. The Bertz CT molecular complexity index is 1100. The van der Waals surface area contributed by atoms with Crippen molar-refractivity contribution in [3.63, 3.8) is 0 Å². The first-order valence-electron chi connectivity index (χ1n) is 8.57. The number of imidazole rings is 1. The second-order valence-electron chi connectivity index (χ2n) is 6.25. The van der Waals surface area contributed by atoms with Crippen LogP contribution in [0.15, 0.2) is 78.0 Å². The number of carboxylic acids is 1. The molecule has 0 spiro atoms. The minimum absolute atomic E-state index is 0.298. The van der Waals surface area contributed by atoms with E-state index in [0.29, 0.717) is 5.56 Å². The lowest BCUT2D eigenvalue weighted by atomic mass is 10.0. The van der Waals surface area contributed by atoms with Crippen LogP contribution in [0.25, 0.3) is 22.2 Å². The van der Waals surface area contributed by atoms with Crippen LogP contribution in [-0.2, 0) is 6.54 Å². The molecule has 0 fully saturated rings. The van der Waals surface area contributed by atoms with Crippen LogP contribution in [0.5, 0.6) is 0 Å². The first kappa shape index (κ1) is 17.4. The number of aromatic carboxylic acids is 1. The molecule has 4 nitrogen and oxygen atoms in total. The highest BCUT2D eigenvalue weighted by Gasteiger charge is 2.10. The largest absolute Gasteiger partial charge is 0.478 e. The van der Waals surface area contributed by atoms with Gasteiger partial charge in [0.15, 0.2) is 5.16 Å². The lowest BCUT2D eigenvalue weighted by Crippen LogP contribution is -2.01. The van der Waals surface area contributed by atoms with Crippen molar-refractivity contribution in [2.75, 3.05) is 6.26 Å². The van der Waals surface area contributed by atoms with Crippen LogP contribution in [0.4, 0.5) is 0 Å². The van der Waals surface area contributed by atoms with Crippen LogP contribution in [0.1, 0.15) is 15.9 Å². The number of hydrogen-bond acceptors (Lipinski definition) is 3. The number of aromatic nitrogens is 2. The van der Waals surface area contributed by atoms with Gasteiger partial charge < -0.3 is 9.67 Å². The Labute approximate surface area is 161 Å². The van der Waals surface area contributed by atoms with Crippen LogP contribution in [-0.4, -0.2) is 26.9 Å². The van der Waals surface area contributed by atoms with Crippen molar-refractivity contribution in [3.05, 3.63) is 83.9 Å². The number of carboxylic acid groups (broad SMARTS) is 1. The van der Waals surface area contributed by atoms with Gasteiger partial charge in [0.05, 0.1) is 23.1 Å². The molecule has 0 aliphatic heterocycles. The fourth-order valence-corrected chi connectivity index (χ4v) is 3.73. The van der Waals surface area contributed by atoms with Crippen molar-refractivity contribution in [1.82, 2.24) is 9.55 Å². The van der Waals surface area contributed by atoms with Crippen molar-refractivity contribution in [2.24, 2.45) is 0 Å². The van der Waals surface area contributed by atoms with Crippen LogP contribution >= 0.6 is 11.8 Å². The highest BCUT2D eigenvalue weighted by atomic mass is 32.2. The van der Waals surface area contributed by atoms with Crippen molar-refractivity contribution in [2.45, 2.75) is 11.7 Å². The van der Waals surface area contributed by atoms with Gasteiger partial charge in [0, 0.05) is 0 Å². The zero-order valence-electron chi connectivity index (χ0n) is 14.8. The Kier molecular flexibility index (Phi) is 4.69. The lowest BCUT2D eigenvalue weighted by molar-refractivity contribution is 0.0697. The summed E-state index contributed by atoms with van der Waals surface area (Å²) >= 11 is 1.65. The van der Waals surface area contributed by atoms with E-state index in [4.69, 9.17) is 10.1 Å². The van der Waals surface area contributed by atoms with E-state index in [-0.39, 0.29) is 0 Å². The number of thioether (sulfide) groups is 1. The summed E-state index contributed by atoms with van der Waals surface area (Å²) in [7, 11) is 0. The first-order chi connectivity index (χ1) is 13.2. The number of carbonyl (C=O) groups is 1. The van der Waals surface area contributed by atoms with E-state index in [1.54, 1.807) is 23.9 Å².